The first kappa shape index (κ1) is 21.0. The maximum Gasteiger partial charge on any atom is 0.209 e. The molecule has 1 aliphatic rings. The number of methoxy groups -OCH3 is 1. The monoisotopic (exact) mass is 402 g/mol. The van der Waals surface area contributed by atoms with Crippen molar-refractivity contribution in [2.75, 3.05) is 26.5 Å². The molecule has 5 nitrogen and oxygen atoms in total. The molecule has 0 radical (unpaired) electrons. The van der Waals surface area contributed by atoms with Crippen LogP contribution in [0.1, 0.15) is 42.0 Å². The van der Waals surface area contributed by atoms with Crippen molar-refractivity contribution in [2.45, 2.75) is 38.0 Å². The number of rotatable bonds is 7. The summed E-state index contributed by atoms with van der Waals surface area (Å²) in [6, 6.07) is 18.6. The molecule has 1 saturated heterocycles. The van der Waals surface area contributed by atoms with Crippen LogP contribution in [-0.2, 0) is 21.3 Å². The average molecular weight is 403 g/mol. The highest BCUT2D eigenvalue weighted by Gasteiger charge is 2.30. The molecule has 0 aliphatic carbocycles. The SMILES string of the molecule is COC1CCN(Cc2ccc([C@@H](C)NS(C)(=O)=O)cc2)CC1c1ccccc1. The summed E-state index contributed by atoms with van der Waals surface area (Å²) < 4.78 is 31.2. The summed E-state index contributed by atoms with van der Waals surface area (Å²) >= 11 is 0. The van der Waals surface area contributed by atoms with E-state index in [-0.39, 0.29) is 12.1 Å². The van der Waals surface area contributed by atoms with Gasteiger partial charge in [-0.1, -0.05) is 54.6 Å². The smallest absolute Gasteiger partial charge is 0.209 e. The number of ether oxygens (including phenoxy) is 1. The highest BCUT2D eigenvalue weighted by molar-refractivity contribution is 7.88. The molecule has 1 fully saturated rings. The van der Waals surface area contributed by atoms with Gasteiger partial charge in [0.2, 0.25) is 10.0 Å². The molecule has 2 aromatic rings. The Hall–Kier alpha value is -1.73. The summed E-state index contributed by atoms with van der Waals surface area (Å²) in [5.74, 6) is 0.373. The Labute approximate surface area is 168 Å². The van der Waals surface area contributed by atoms with Gasteiger partial charge in [-0.25, -0.2) is 13.1 Å². The minimum Gasteiger partial charge on any atom is -0.381 e. The Morgan fingerprint density at radius 1 is 1.14 bits per heavy atom. The minimum absolute atomic E-state index is 0.232. The van der Waals surface area contributed by atoms with Crippen LogP contribution in [0.4, 0.5) is 0 Å². The van der Waals surface area contributed by atoms with Crippen molar-refractivity contribution in [3.05, 3.63) is 71.3 Å². The molecule has 152 valence electrons. The van der Waals surface area contributed by atoms with E-state index in [1.54, 1.807) is 7.11 Å². The second-order valence-corrected chi connectivity index (χ2v) is 9.45. The summed E-state index contributed by atoms with van der Waals surface area (Å²) in [5.41, 5.74) is 3.53. The van der Waals surface area contributed by atoms with Crippen molar-refractivity contribution in [1.82, 2.24) is 9.62 Å². The third-order valence-corrected chi connectivity index (χ3v) is 6.22. The molecule has 0 spiro atoms. The van der Waals surface area contributed by atoms with Gasteiger partial charge in [0, 0.05) is 38.7 Å². The van der Waals surface area contributed by atoms with Crippen LogP contribution in [0.2, 0.25) is 0 Å². The van der Waals surface area contributed by atoms with Crippen LogP contribution in [0, 0.1) is 0 Å². The Bertz CT molecular complexity index is 853. The summed E-state index contributed by atoms with van der Waals surface area (Å²) in [6.45, 7) is 4.72. The third-order valence-electron chi connectivity index (χ3n) is 5.44. The number of hydrogen-bond donors (Lipinski definition) is 1. The lowest BCUT2D eigenvalue weighted by atomic mass is 9.87. The third kappa shape index (κ3) is 5.64. The number of sulfonamides is 1. The van der Waals surface area contributed by atoms with Gasteiger partial charge in [-0.15, -0.1) is 0 Å². The average Bonchev–Trinajstić information content (AvgIpc) is 2.68. The number of hydrogen-bond acceptors (Lipinski definition) is 4. The van der Waals surface area contributed by atoms with Gasteiger partial charge >= 0.3 is 0 Å². The molecular formula is C22H30N2O3S. The molecule has 1 heterocycles. The first-order valence-electron chi connectivity index (χ1n) is 9.72. The summed E-state index contributed by atoms with van der Waals surface area (Å²) in [4.78, 5) is 2.47. The molecule has 1 aliphatic heterocycles. The fourth-order valence-electron chi connectivity index (χ4n) is 4.00. The minimum atomic E-state index is -3.21. The number of benzene rings is 2. The van der Waals surface area contributed by atoms with Crippen LogP contribution in [-0.4, -0.2) is 45.9 Å². The first-order valence-corrected chi connectivity index (χ1v) is 11.6. The van der Waals surface area contributed by atoms with Gasteiger partial charge in [-0.05, 0) is 30.0 Å². The van der Waals surface area contributed by atoms with Gasteiger partial charge < -0.3 is 4.74 Å². The van der Waals surface area contributed by atoms with E-state index in [1.807, 2.05) is 25.1 Å². The molecule has 3 rings (SSSR count). The van der Waals surface area contributed by atoms with E-state index in [1.165, 1.54) is 17.4 Å². The lowest BCUT2D eigenvalue weighted by Gasteiger charge is -2.38. The Kier molecular flexibility index (Phi) is 6.88. The predicted octanol–water partition coefficient (Wildman–Crippen LogP) is 3.30. The van der Waals surface area contributed by atoms with Crippen molar-refractivity contribution in [3.63, 3.8) is 0 Å². The van der Waals surface area contributed by atoms with Gasteiger partial charge in [0.1, 0.15) is 0 Å². The van der Waals surface area contributed by atoms with Gasteiger partial charge in [-0.2, -0.15) is 0 Å². The Balaban J connectivity index is 1.65. The lowest BCUT2D eigenvalue weighted by Crippen LogP contribution is -2.42. The van der Waals surface area contributed by atoms with Gasteiger partial charge in [0.25, 0.3) is 0 Å². The molecular weight excluding hydrogens is 372 g/mol. The molecule has 0 amide bonds. The molecule has 3 atom stereocenters. The second kappa shape index (κ2) is 9.18. The second-order valence-electron chi connectivity index (χ2n) is 7.67. The summed E-state index contributed by atoms with van der Waals surface area (Å²) in [5, 5.41) is 0. The van der Waals surface area contributed by atoms with Crippen molar-refractivity contribution in [3.8, 4) is 0 Å². The number of piperidine rings is 1. The molecule has 2 aromatic carbocycles. The van der Waals surface area contributed by atoms with Gasteiger partial charge in [0.15, 0.2) is 0 Å². The maximum absolute atomic E-state index is 11.4. The summed E-state index contributed by atoms with van der Waals surface area (Å²) in [6.07, 6.45) is 2.46. The number of nitrogens with one attached hydrogen (secondary N) is 1. The topological polar surface area (TPSA) is 58.6 Å². The van der Waals surface area contributed by atoms with E-state index in [2.05, 4.69) is 46.0 Å². The van der Waals surface area contributed by atoms with E-state index in [0.717, 1.165) is 31.6 Å². The van der Waals surface area contributed by atoms with Gasteiger partial charge in [0.05, 0.1) is 12.4 Å². The molecule has 28 heavy (non-hydrogen) atoms. The van der Waals surface area contributed by atoms with Crippen LogP contribution < -0.4 is 4.72 Å². The van der Waals surface area contributed by atoms with E-state index in [0.29, 0.717) is 5.92 Å². The van der Waals surface area contributed by atoms with Crippen LogP contribution in [0.3, 0.4) is 0 Å². The van der Waals surface area contributed by atoms with Crippen molar-refractivity contribution in [1.29, 1.82) is 0 Å². The Morgan fingerprint density at radius 3 is 2.43 bits per heavy atom. The molecule has 1 N–H and O–H groups in total. The predicted molar refractivity (Wildman–Crippen MR) is 113 cm³/mol. The normalized spacial score (nSPS) is 22.1. The number of nitrogens with zero attached hydrogens (tertiary/aromatic N) is 1. The Morgan fingerprint density at radius 2 is 1.82 bits per heavy atom. The zero-order chi connectivity index (χ0) is 20.1. The zero-order valence-corrected chi connectivity index (χ0v) is 17.7. The van der Waals surface area contributed by atoms with E-state index in [4.69, 9.17) is 4.74 Å². The summed E-state index contributed by atoms with van der Waals surface area (Å²) in [7, 11) is -1.41. The quantitative estimate of drug-likeness (QED) is 0.772. The van der Waals surface area contributed by atoms with Crippen LogP contribution >= 0.6 is 0 Å². The van der Waals surface area contributed by atoms with Crippen molar-refractivity contribution in [2.24, 2.45) is 0 Å². The van der Waals surface area contributed by atoms with Crippen LogP contribution in [0.5, 0.6) is 0 Å². The molecule has 6 heteroatoms. The highest BCUT2D eigenvalue weighted by atomic mass is 32.2. The van der Waals surface area contributed by atoms with E-state index in [9.17, 15) is 8.42 Å². The van der Waals surface area contributed by atoms with Crippen molar-refractivity contribution < 1.29 is 13.2 Å². The van der Waals surface area contributed by atoms with Crippen LogP contribution in [0.25, 0.3) is 0 Å². The van der Waals surface area contributed by atoms with E-state index >= 15 is 0 Å². The molecule has 0 aromatic heterocycles. The lowest BCUT2D eigenvalue weighted by molar-refractivity contribution is 0.0198. The van der Waals surface area contributed by atoms with Gasteiger partial charge in [-0.3, -0.25) is 4.90 Å². The zero-order valence-electron chi connectivity index (χ0n) is 16.8. The van der Waals surface area contributed by atoms with Crippen LogP contribution in [0.15, 0.2) is 54.6 Å². The molecule has 2 unspecified atom stereocenters. The maximum atomic E-state index is 11.4. The molecule has 0 bridgehead atoms. The fraction of sp³-hybridized carbons (Fsp3) is 0.455. The standard InChI is InChI=1S/C22H30N2O3S/c1-17(23-28(3,25)26)19-11-9-18(10-12-19)15-24-14-13-22(27-2)21(16-24)20-7-5-4-6-8-20/h4-12,17,21-23H,13-16H2,1-3H3/t17-,21?,22?/m1/s1. The van der Waals surface area contributed by atoms with E-state index < -0.39 is 10.0 Å². The highest BCUT2D eigenvalue weighted by Crippen LogP contribution is 2.30. The largest absolute Gasteiger partial charge is 0.381 e. The first-order chi connectivity index (χ1) is 13.4. The number of likely N-dealkylation sites (tertiary alicyclic amines) is 1. The molecule has 0 saturated carbocycles. The fourth-order valence-corrected chi connectivity index (χ4v) is 4.78. The van der Waals surface area contributed by atoms with Crippen molar-refractivity contribution >= 4 is 10.0 Å².